The molecule has 244 valence electrons. The highest BCUT2D eigenvalue weighted by Gasteiger charge is 1.98. The summed E-state index contributed by atoms with van der Waals surface area (Å²) < 4.78 is 4.60. The number of aromatic nitrogens is 4. The van der Waals surface area contributed by atoms with Gasteiger partial charge in [-0.15, -0.1) is 0 Å². The molecule has 4 aromatic heterocycles. The molecule has 0 saturated heterocycles. The Bertz CT molecular complexity index is 891. The number of oxazole rings is 1. The molecule has 0 amide bonds. The summed E-state index contributed by atoms with van der Waals surface area (Å²) in [6.07, 6.45) is 13.0. The molecule has 0 saturated carbocycles. The van der Waals surface area contributed by atoms with Crippen molar-refractivity contribution in [3.05, 3.63) is 109 Å². The normalized spacial score (nSPS) is 8.95. The van der Waals surface area contributed by atoms with Crippen LogP contribution in [0.4, 0.5) is 0 Å². The predicted molar refractivity (Wildman–Crippen MR) is 189 cm³/mol. The number of hydrogen-bond acceptors (Lipinski definition) is 7. The quantitative estimate of drug-likeness (QED) is 0.200. The van der Waals surface area contributed by atoms with Crippen LogP contribution in [0.25, 0.3) is 0 Å². The molecule has 0 fully saturated rings. The SMILES string of the molecule is CC.CC.CC.CC.CC.CC1=NOCC1.Cc1ccccn1.Cc1cccnc1.Cc1ccncc1.Cc1cocn1. The number of rotatable bonds is 0. The van der Waals surface area contributed by atoms with Crippen molar-refractivity contribution in [2.45, 2.75) is 110 Å². The van der Waals surface area contributed by atoms with Crippen molar-refractivity contribution in [3.63, 3.8) is 0 Å². The molecule has 7 heteroatoms. The molecule has 43 heavy (non-hydrogen) atoms. The molecule has 0 radical (unpaired) electrons. The maximum atomic E-state index is 4.64. The highest BCUT2D eigenvalue weighted by molar-refractivity contribution is 5.82. The van der Waals surface area contributed by atoms with E-state index in [1.165, 1.54) is 17.5 Å². The molecule has 0 atom stereocenters. The number of oxime groups is 1. The first kappa shape index (κ1) is 48.8. The summed E-state index contributed by atoms with van der Waals surface area (Å²) >= 11 is 0. The minimum absolute atomic E-state index is 0.784. The van der Waals surface area contributed by atoms with Gasteiger partial charge in [0.25, 0.3) is 0 Å². The van der Waals surface area contributed by atoms with Gasteiger partial charge in [0, 0.05) is 43.1 Å². The van der Waals surface area contributed by atoms with Crippen LogP contribution in [-0.2, 0) is 4.84 Å². The fourth-order valence-electron chi connectivity index (χ4n) is 1.99. The van der Waals surface area contributed by atoms with Gasteiger partial charge < -0.3 is 9.25 Å². The van der Waals surface area contributed by atoms with Gasteiger partial charge >= 0.3 is 0 Å². The maximum absolute atomic E-state index is 4.64. The van der Waals surface area contributed by atoms with Crippen molar-refractivity contribution < 1.29 is 9.25 Å². The van der Waals surface area contributed by atoms with E-state index in [2.05, 4.69) is 34.3 Å². The number of nitrogens with zero attached hydrogens (tertiary/aromatic N) is 5. The Kier molecular flexibility index (Phi) is 51.3. The van der Waals surface area contributed by atoms with Crippen molar-refractivity contribution in [2.75, 3.05) is 6.61 Å². The summed E-state index contributed by atoms with van der Waals surface area (Å²) in [5, 5.41) is 3.65. The van der Waals surface area contributed by atoms with Gasteiger partial charge in [-0.25, -0.2) is 4.98 Å². The molecule has 7 nitrogen and oxygen atoms in total. The van der Waals surface area contributed by atoms with E-state index in [4.69, 9.17) is 0 Å². The standard InChI is InChI=1S/3C6H7N.C4H5NO.C4H7NO.5C2H6/c1-6-2-4-7-5-3-6;1-6-3-2-4-7-5-6;1-6-4-2-3-5-7-6;1-4-2-6-3-5-4;1-4-2-3-6-5-4;5*1-2/h3*2-5H,1H3;2-3H,1H3;2-3H2,1H3;5*1-2H3. The summed E-state index contributed by atoms with van der Waals surface area (Å²) in [7, 11) is 0. The highest BCUT2D eigenvalue weighted by Crippen LogP contribution is 1.96. The smallest absolute Gasteiger partial charge is 0.180 e. The van der Waals surface area contributed by atoms with Crippen molar-refractivity contribution in [1.29, 1.82) is 0 Å². The van der Waals surface area contributed by atoms with Crippen molar-refractivity contribution in [2.24, 2.45) is 5.16 Å². The van der Waals surface area contributed by atoms with Crippen LogP contribution in [0, 0.1) is 27.7 Å². The lowest BCUT2D eigenvalue weighted by molar-refractivity contribution is 0.173. The average Bonchev–Trinajstić information content (AvgIpc) is 3.78. The molecule has 0 aromatic carbocycles. The second kappa shape index (κ2) is 45.1. The van der Waals surface area contributed by atoms with Crippen LogP contribution in [0.5, 0.6) is 0 Å². The van der Waals surface area contributed by atoms with E-state index in [-0.39, 0.29) is 0 Å². The van der Waals surface area contributed by atoms with E-state index in [0.29, 0.717) is 0 Å². The van der Waals surface area contributed by atoms with Gasteiger partial charge in [-0.1, -0.05) is 86.5 Å². The zero-order valence-corrected chi connectivity index (χ0v) is 30.0. The first-order chi connectivity index (χ1) is 21.0. The van der Waals surface area contributed by atoms with Gasteiger partial charge in [0.1, 0.15) is 12.9 Å². The van der Waals surface area contributed by atoms with E-state index in [0.717, 1.165) is 30.1 Å². The molecule has 0 unspecified atom stereocenters. The fraction of sp³-hybridized carbons (Fsp3) is 0.472. The minimum atomic E-state index is 0.784. The van der Waals surface area contributed by atoms with Gasteiger partial charge in [0.2, 0.25) is 0 Å². The van der Waals surface area contributed by atoms with Gasteiger partial charge in [0.15, 0.2) is 6.39 Å². The van der Waals surface area contributed by atoms with Crippen LogP contribution in [-0.4, -0.2) is 32.3 Å². The van der Waals surface area contributed by atoms with Crippen molar-refractivity contribution in [1.82, 2.24) is 19.9 Å². The molecular weight excluding hydrogens is 534 g/mol. The van der Waals surface area contributed by atoms with Crippen LogP contribution >= 0.6 is 0 Å². The fourth-order valence-corrected chi connectivity index (χ4v) is 1.99. The maximum Gasteiger partial charge on any atom is 0.180 e. The Morgan fingerprint density at radius 3 is 1.35 bits per heavy atom. The summed E-state index contributed by atoms with van der Waals surface area (Å²) in [6.45, 7) is 30.7. The van der Waals surface area contributed by atoms with Crippen LogP contribution in [0.2, 0.25) is 0 Å². The van der Waals surface area contributed by atoms with Gasteiger partial charge in [-0.05, 0) is 76.1 Å². The third kappa shape index (κ3) is 42.7. The van der Waals surface area contributed by atoms with Crippen LogP contribution < -0.4 is 0 Å². The minimum Gasteiger partial charge on any atom is -0.452 e. The molecule has 5 heterocycles. The van der Waals surface area contributed by atoms with E-state index >= 15 is 0 Å². The molecule has 1 aliphatic heterocycles. The zero-order valence-electron chi connectivity index (χ0n) is 30.0. The highest BCUT2D eigenvalue weighted by atomic mass is 16.6. The molecule has 1 aliphatic rings. The Morgan fingerprint density at radius 2 is 1.16 bits per heavy atom. The summed E-state index contributed by atoms with van der Waals surface area (Å²) in [5.74, 6) is 0. The lowest BCUT2D eigenvalue weighted by Crippen LogP contribution is -1.82. The largest absolute Gasteiger partial charge is 0.452 e. The van der Waals surface area contributed by atoms with Crippen molar-refractivity contribution in [3.8, 4) is 0 Å². The van der Waals surface area contributed by atoms with Gasteiger partial charge in [-0.2, -0.15) is 0 Å². The van der Waals surface area contributed by atoms with Gasteiger partial charge in [-0.3, -0.25) is 15.0 Å². The summed E-state index contributed by atoms with van der Waals surface area (Å²) in [4.78, 5) is 20.1. The second-order valence-corrected chi connectivity index (χ2v) is 7.07. The summed E-state index contributed by atoms with van der Waals surface area (Å²) in [5.41, 5.74) is 5.57. The van der Waals surface area contributed by atoms with Crippen LogP contribution in [0.15, 0.2) is 95.7 Å². The average molecular weight is 598 g/mol. The Morgan fingerprint density at radius 1 is 0.558 bits per heavy atom. The number of pyridine rings is 3. The molecule has 0 spiro atoms. The lowest BCUT2D eigenvalue weighted by Gasteiger charge is -1.82. The number of hydrogen-bond donors (Lipinski definition) is 0. The third-order valence-electron chi connectivity index (χ3n) is 3.80. The first-order valence-electron chi connectivity index (χ1n) is 15.6. The zero-order chi connectivity index (χ0) is 34.2. The van der Waals surface area contributed by atoms with E-state index in [1.807, 2.05) is 153 Å². The van der Waals surface area contributed by atoms with Crippen LogP contribution in [0.1, 0.15) is 105 Å². The number of aryl methyl sites for hydroxylation is 4. The second-order valence-electron chi connectivity index (χ2n) is 7.07. The molecule has 4 aromatic rings. The molecule has 5 rings (SSSR count). The van der Waals surface area contributed by atoms with Crippen molar-refractivity contribution >= 4 is 5.71 Å². The predicted octanol–water partition coefficient (Wildman–Crippen LogP) is 11.1. The monoisotopic (exact) mass is 597 g/mol. The lowest BCUT2D eigenvalue weighted by atomic mass is 10.3. The molecular formula is C36H63N5O2. The van der Waals surface area contributed by atoms with Crippen LogP contribution in [0.3, 0.4) is 0 Å². The molecule has 0 N–H and O–H groups in total. The summed E-state index contributed by atoms with van der Waals surface area (Å²) in [6, 6.07) is 13.7. The Balaban J connectivity index is -0.000000130. The third-order valence-corrected chi connectivity index (χ3v) is 3.80. The molecule has 0 bridgehead atoms. The van der Waals surface area contributed by atoms with E-state index in [9.17, 15) is 0 Å². The topological polar surface area (TPSA) is 86.3 Å². The Labute approximate surface area is 265 Å². The molecule has 0 aliphatic carbocycles. The van der Waals surface area contributed by atoms with E-state index < -0.39 is 0 Å². The van der Waals surface area contributed by atoms with E-state index in [1.54, 1.807) is 31.1 Å². The first-order valence-corrected chi connectivity index (χ1v) is 15.6. The van der Waals surface area contributed by atoms with Gasteiger partial charge in [0.05, 0.1) is 11.4 Å². The Hall–Kier alpha value is -3.87.